The first-order chi connectivity index (χ1) is 10.1. The highest BCUT2D eigenvalue weighted by Crippen LogP contribution is 2.29. The molecule has 0 saturated carbocycles. The quantitative estimate of drug-likeness (QED) is 0.842. The molecule has 0 bridgehead atoms. The van der Waals surface area contributed by atoms with Crippen LogP contribution in [0, 0.1) is 0 Å². The van der Waals surface area contributed by atoms with E-state index in [9.17, 15) is 9.90 Å². The van der Waals surface area contributed by atoms with Crippen molar-refractivity contribution in [1.29, 1.82) is 0 Å². The highest BCUT2D eigenvalue weighted by atomic mass is 35.5. The van der Waals surface area contributed by atoms with Gasteiger partial charge in [0.05, 0.1) is 12.2 Å². The van der Waals surface area contributed by atoms with Crippen LogP contribution in [0.25, 0.3) is 0 Å². The molecular weight excluding hydrogens is 313 g/mol. The normalized spacial score (nSPS) is 19.5. The van der Waals surface area contributed by atoms with Crippen LogP contribution >= 0.6 is 23.2 Å². The first-order valence-electron chi connectivity index (χ1n) is 7.08. The molecule has 0 spiro atoms. The number of carbonyl (C=O) groups excluding carboxylic acids is 1. The van der Waals surface area contributed by atoms with Crippen molar-refractivity contribution in [2.24, 2.45) is 0 Å². The predicted octanol–water partition coefficient (Wildman–Crippen LogP) is 3.10. The molecule has 0 radical (unpaired) electrons. The largest absolute Gasteiger partial charge is 0.386 e. The van der Waals surface area contributed by atoms with E-state index in [0.29, 0.717) is 22.0 Å². The molecule has 1 saturated heterocycles. The Balaban J connectivity index is 1.77. The fraction of sp³-hybridized carbons (Fsp3) is 0.533. The number of carbonyl (C=O) groups is 1. The second-order valence-corrected chi connectivity index (χ2v) is 5.94. The summed E-state index contributed by atoms with van der Waals surface area (Å²) in [4.78, 5) is 11.8. The highest BCUT2D eigenvalue weighted by molar-refractivity contribution is 6.36. The van der Waals surface area contributed by atoms with Crippen LogP contribution in [0.4, 0.5) is 0 Å². The van der Waals surface area contributed by atoms with Gasteiger partial charge in [-0.25, -0.2) is 0 Å². The molecule has 4 nitrogen and oxygen atoms in total. The molecule has 1 aliphatic rings. The van der Waals surface area contributed by atoms with Crippen LogP contribution in [0.2, 0.25) is 10.0 Å². The molecule has 116 valence electrons. The topological polar surface area (TPSA) is 58.6 Å². The molecule has 1 fully saturated rings. The zero-order chi connectivity index (χ0) is 15.2. The Morgan fingerprint density at radius 2 is 2.14 bits per heavy atom. The SMILES string of the molecule is O=C(CC[C@H]1CCCO1)NC[C@@H](O)c1c(Cl)cccc1Cl. The smallest absolute Gasteiger partial charge is 0.220 e. The number of benzene rings is 1. The van der Waals surface area contributed by atoms with Crippen LogP contribution < -0.4 is 5.32 Å². The maximum Gasteiger partial charge on any atom is 0.220 e. The molecule has 0 aromatic heterocycles. The highest BCUT2D eigenvalue weighted by Gasteiger charge is 2.18. The number of halogens is 2. The lowest BCUT2D eigenvalue weighted by molar-refractivity contribution is -0.122. The van der Waals surface area contributed by atoms with E-state index in [1.165, 1.54) is 0 Å². The fourth-order valence-electron chi connectivity index (χ4n) is 2.39. The van der Waals surface area contributed by atoms with Gasteiger partial charge in [0, 0.05) is 35.2 Å². The van der Waals surface area contributed by atoms with E-state index >= 15 is 0 Å². The molecule has 2 N–H and O–H groups in total. The summed E-state index contributed by atoms with van der Waals surface area (Å²) in [5.41, 5.74) is 0.445. The van der Waals surface area contributed by atoms with Gasteiger partial charge in [-0.2, -0.15) is 0 Å². The zero-order valence-corrected chi connectivity index (χ0v) is 13.2. The molecule has 1 amide bonds. The van der Waals surface area contributed by atoms with Crippen molar-refractivity contribution in [2.75, 3.05) is 13.2 Å². The van der Waals surface area contributed by atoms with Gasteiger partial charge in [0.2, 0.25) is 5.91 Å². The average Bonchev–Trinajstić information content (AvgIpc) is 2.96. The summed E-state index contributed by atoms with van der Waals surface area (Å²) in [6, 6.07) is 5.03. The lowest BCUT2D eigenvalue weighted by Gasteiger charge is -2.15. The molecule has 2 atom stereocenters. The lowest BCUT2D eigenvalue weighted by atomic mass is 10.1. The van der Waals surface area contributed by atoms with Crippen LogP contribution in [0.3, 0.4) is 0 Å². The van der Waals surface area contributed by atoms with E-state index in [1.807, 2.05) is 0 Å². The van der Waals surface area contributed by atoms with Gasteiger partial charge in [-0.15, -0.1) is 0 Å². The molecule has 1 aromatic carbocycles. The van der Waals surface area contributed by atoms with Gasteiger partial charge in [-0.1, -0.05) is 29.3 Å². The van der Waals surface area contributed by atoms with E-state index < -0.39 is 6.10 Å². The number of aliphatic hydroxyl groups is 1. The third kappa shape index (κ3) is 4.85. The Morgan fingerprint density at radius 1 is 1.43 bits per heavy atom. The standard InChI is InChI=1S/C15H19Cl2NO3/c16-11-4-1-5-12(17)15(11)13(19)9-18-14(20)7-6-10-3-2-8-21-10/h1,4-5,10,13,19H,2-3,6-9H2,(H,18,20)/t10-,13-/m1/s1. The van der Waals surface area contributed by atoms with Crippen LogP contribution in [0.15, 0.2) is 18.2 Å². The Kier molecular flexibility index (Phi) is 6.30. The zero-order valence-electron chi connectivity index (χ0n) is 11.6. The number of amides is 1. The van der Waals surface area contributed by atoms with Gasteiger partial charge >= 0.3 is 0 Å². The van der Waals surface area contributed by atoms with E-state index in [4.69, 9.17) is 27.9 Å². The summed E-state index contributed by atoms with van der Waals surface area (Å²) in [6.07, 6.45) is 2.47. The summed E-state index contributed by atoms with van der Waals surface area (Å²) in [7, 11) is 0. The van der Waals surface area contributed by atoms with Crippen LogP contribution in [0.5, 0.6) is 0 Å². The van der Waals surface area contributed by atoms with Crippen LogP contribution in [0.1, 0.15) is 37.4 Å². The summed E-state index contributed by atoms with van der Waals surface area (Å²) < 4.78 is 5.47. The molecule has 21 heavy (non-hydrogen) atoms. The van der Waals surface area contributed by atoms with Crippen molar-refractivity contribution in [3.8, 4) is 0 Å². The second kappa shape index (κ2) is 7.99. The third-order valence-electron chi connectivity index (χ3n) is 3.54. The van der Waals surface area contributed by atoms with Gasteiger partial charge in [0.25, 0.3) is 0 Å². The Bertz CT molecular complexity index is 470. The van der Waals surface area contributed by atoms with E-state index in [-0.39, 0.29) is 18.6 Å². The Morgan fingerprint density at radius 3 is 2.76 bits per heavy atom. The Labute approximate surface area is 134 Å². The molecular formula is C15H19Cl2NO3. The van der Waals surface area contributed by atoms with Gasteiger partial charge < -0.3 is 15.2 Å². The number of ether oxygens (including phenoxy) is 1. The number of rotatable bonds is 6. The van der Waals surface area contributed by atoms with Crippen molar-refractivity contribution < 1.29 is 14.6 Å². The van der Waals surface area contributed by atoms with Gasteiger partial charge in [-0.3, -0.25) is 4.79 Å². The van der Waals surface area contributed by atoms with Crippen LogP contribution in [-0.4, -0.2) is 30.3 Å². The third-order valence-corrected chi connectivity index (χ3v) is 4.20. The van der Waals surface area contributed by atoms with Crippen molar-refractivity contribution in [3.05, 3.63) is 33.8 Å². The number of aliphatic hydroxyl groups excluding tert-OH is 1. The molecule has 0 aliphatic carbocycles. The van der Waals surface area contributed by atoms with Crippen molar-refractivity contribution >= 4 is 29.1 Å². The van der Waals surface area contributed by atoms with Crippen molar-refractivity contribution in [3.63, 3.8) is 0 Å². The van der Waals surface area contributed by atoms with Crippen molar-refractivity contribution in [1.82, 2.24) is 5.32 Å². The maximum absolute atomic E-state index is 11.8. The minimum absolute atomic E-state index is 0.0911. The van der Waals surface area contributed by atoms with Crippen molar-refractivity contribution in [2.45, 2.75) is 37.9 Å². The Hall–Kier alpha value is -0.810. The van der Waals surface area contributed by atoms with E-state index in [2.05, 4.69) is 5.32 Å². The summed E-state index contributed by atoms with van der Waals surface area (Å²) in [5, 5.41) is 13.6. The molecule has 6 heteroatoms. The van der Waals surface area contributed by atoms with E-state index in [0.717, 1.165) is 25.9 Å². The molecule has 1 aromatic rings. The van der Waals surface area contributed by atoms with Gasteiger partial charge in [0.15, 0.2) is 0 Å². The summed E-state index contributed by atoms with van der Waals surface area (Å²) in [6.45, 7) is 0.879. The average molecular weight is 332 g/mol. The molecule has 1 aliphatic heterocycles. The first kappa shape index (κ1) is 16.6. The number of hydrogen-bond acceptors (Lipinski definition) is 3. The summed E-state index contributed by atoms with van der Waals surface area (Å²) >= 11 is 12.0. The first-order valence-corrected chi connectivity index (χ1v) is 7.84. The maximum atomic E-state index is 11.8. The molecule has 2 rings (SSSR count). The molecule has 1 heterocycles. The lowest BCUT2D eigenvalue weighted by Crippen LogP contribution is -2.29. The second-order valence-electron chi connectivity index (χ2n) is 5.13. The van der Waals surface area contributed by atoms with Gasteiger partial charge in [0.1, 0.15) is 0 Å². The number of hydrogen-bond donors (Lipinski definition) is 2. The van der Waals surface area contributed by atoms with Crippen LogP contribution in [-0.2, 0) is 9.53 Å². The minimum atomic E-state index is -0.919. The number of nitrogens with one attached hydrogen (secondary N) is 1. The predicted molar refractivity (Wildman–Crippen MR) is 82.6 cm³/mol. The molecule has 0 unspecified atom stereocenters. The monoisotopic (exact) mass is 331 g/mol. The fourth-order valence-corrected chi connectivity index (χ4v) is 3.04. The summed E-state index contributed by atoms with van der Waals surface area (Å²) in [5.74, 6) is -0.104. The van der Waals surface area contributed by atoms with Gasteiger partial charge in [-0.05, 0) is 31.4 Å². The van der Waals surface area contributed by atoms with E-state index in [1.54, 1.807) is 18.2 Å². The minimum Gasteiger partial charge on any atom is -0.386 e.